The summed E-state index contributed by atoms with van der Waals surface area (Å²) >= 11 is 0.508. The summed E-state index contributed by atoms with van der Waals surface area (Å²) in [5.41, 5.74) is 2.01. The van der Waals surface area contributed by atoms with E-state index in [1.54, 1.807) is 36.5 Å². The monoisotopic (exact) mass is 440 g/mol. The van der Waals surface area contributed by atoms with Gasteiger partial charge in [-0.3, -0.25) is 4.79 Å². The van der Waals surface area contributed by atoms with Crippen LogP contribution in [-0.2, 0) is 0 Å². The third kappa shape index (κ3) is 5.32. The van der Waals surface area contributed by atoms with Crippen molar-refractivity contribution in [3.63, 3.8) is 0 Å². The number of piperazine rings is 1. The van der Waals surface area contributed by atoms with Crippen LogP contribution in [0.1, 0.15) is 10.4 Å². The second-order valence-electron chi connectivity index (χ2n) is 7.04. The van der Waals surface area contributed by atoms with E-state index in [-0.39, 0.29) is 5.91 Å². The summed E-state index contributed by atoms with van der Waals surface area (Å²) in [7, 11) is 0. The number of amides is 1. The fourth-order valence-electron chi connectivity index (χ4n) is 3.50. The lowest BCUT2D eigenvalue weighted by atomic mass is 10.1. The Labute approximate surface area is 184 Å². The van der Waals surface area contributed by atoms with Crippen LogP contribution in [0.5, 0.6) is 0 Å². The van der Waals surface area contributed by atoms with E-state index in [2.05, 4.69) is 15.2 Å². The number of hydrogen-bond acceptors (Lipinski definition) is 5. The number of thioether (sulfide) groups is 1. The van der Waals surface area contributed by atoms with E-state index in [1.807, 2.05) is 41.3 Å². The molecule has 1 amide bonds. The molecule has 4 rings (SSSR count). The quantitative estimate of drug-likeness (QED) is 0.541. The lowest BCUT2D eigenvalue weighted by Crippen LogP contribution is -2.49. The third-order valence-electron chi connectivity index (χ3n) is 5.06. The number of benzene rings is 2. The third-order valence-corrected chi connectivity index (χ3v) is 5.78. The number of nitrogens with zero attached hydrogens (tertiary/aromatic N) is 3. The van der Waals surface area contributed by atoms with Crippen LogP contribution in [0, 0.1) is 0 Å². The summed E-state index contributed by atoms with van der Waals surface area (Å²) in [6, 6.07) is 19.9. The number of halogens is 2. The summed E-state index contributed by atoms with van der Waals surface area (Å²) in [4.78, 5) is 22.1. The number of nitrogens with one attached hydrogen (secondary N) is 1. The predicted octanol–water partition coefficient (Wildman–Crippen LogP) is 5.10. The van der Waals surface area contributed by atoms with E-state index in [1.165, 1.54) is 0 Å². The molecule has 1 saturated heterocycles. The van der Waals surface area contributed by atoms with Crippen molar-refractivity contribution in [1.82, 2.24) is 9.88 Å². The fourth-order valence-corrected chi connectivity index (χ4v) is 4.00. The Morgan fingerprint density at radius 2 is 1.65 bits per heavy atom. The molecule has 0 radical (unpaired) electrons. The fraction of sp³-hybridized carbons (Fsp3) is 0.217. The molecule has 5 nitrogen and oxygen atoms in total. The van der Waals surface area contributed by atoms with Crippen molar-refractivity contribution in [2.75, 3.05) is 36.4 Å². The summed E-state index contributed by atoms with van der Waals surface area (Å²) in [5.74, 6) is -1.56. The van der Waals surface area contributed by atoms with Crippen molar-refractivity contribution in [2.24, 2.45) is 0 Å². The molecule has 31 heavy (non-hydrogen) atoms. The van der Waals surface area contributed by atoms with E-state index in [0.29, 0.717) is 41.0 Å². The molecular formula is C23H22F2N4OS. The minimum atomic E-state index is -2.45. The van der Waals surface area contributed by atoms with Crippen LogP contribution in [0.4, 0.5) is 26.0 Å². The van der Waals surface area contributed by atoms with Gasteiger partial charge in [0, 0.05) is 43.0 Å². The molecule has 1 N–H and O–H groups in total. The van der Waals surface area contributed by atoms with E-state index in [4.69, 9.17) is 0 Å². The van der Waals surface area contributed by atoms with E-state index in [0.717, 1.165) is 24.6 Å². The zero-order chi connectivity index (χ0) is 21.6. The molecule has 1 fully saturated rings. The Balaban J connectivity index is 1.43. The number of pyridine rings is 1. The van der Waals surface area contributed by atoms with Crippen molar-refractivity contribution >= 4 is 34.9 Å². The molecule has 160 valence electrons. The van der Waals surface area contributed by atoms with Gasteiger partial charge in [0.05, 0.1) is 11.3 Å². The largest absolute Gasteiger partial charge is 0.355 e. The minimum absolute atomic E-state index is 0.0337. The second-order valence-corrected chi connectivity index (χ2v) is 8.10. The van der Waals surface area contributed by atoms with Crippen molar-refractivity contribution in [3.05, 3.63) is 78.5 Å². The Morgan fingerprint density at radius 1 is 0.935 bits per heavy atom. The van der Waals surface area contributed by atoms with Gasteiger partial charge in [0.1, 0.15) is 5.82 Å². The Morgan fingerprint density at radius 3 is 2.32 bits per heavy atom. The van der Waals surface area contributed by atoms with E-state index in [9.17, 15) is 13.6 Å². The molecular weight excluding hydrogens is 418 g/mol. The first-order valence-corrected chi connectivity index (χ1v) is 10.8. The molecule has 0 saturated carbocycles. The van der Waals surface area contributed by atoms with Crippen LogP contribution >= 0.6 is 11.8 Å². The summed E-state index contributed by atoms with van der Waals surface area (Å²) in [6.45, 7) is 2.68. The van der Waals surface area contributed by atoms with Gasteiger partial charge in [-0.1, -0.05) is 30.0 Å². The lowest BCUT2D eigenvalue weighted by Gasteiger charge is -2.35. The zero-order valence-corrected chi connectivity index (χ0v) is 17.6. The maximum Gasteiger partial charge on any atom is 0.288 e. The average Bonchev–Trinajstić information content (AvgIpc) is 2.81. The van der Waals surface area contributed by atoms with Crippen LogP contribution < -0.4 is 10.2 Å². The van der Waals surface area contributed by atoms with Gasteiger partial charge in [-0.15, -0.1) is 0 Å². The first-order chi connectivity index (χ1) is 15.1. The predicted molar refractivity (Wildman–Crippen MR) is 120 cm³/mol. The first kappa shape index (κ1) is 21.1. The number of carbonyl (C=O) groups excluding carboxylic acids is 1. The van der Waals surface area contributed by atoms with Crippen LogP contribution in [0.15, 0.2) is 77.8 Å². The topological polar surface area (TPSA) is 48.5 Å². The molecule has 0 atom stereocenters. The van der Waals surface area contributed by atoms with E-state index < -0.39 is 5.76 Å². The average molecular weight is 441 g/mol. The van der Waals surface area contributed by atoms with Gasteiger partial charge in [-0.2, -0.15) is 8.78 Å². The molecule has 1 aliphatic rings. The van der Waals surface area contributed by atoms with Crippen molar-refractivity contribution in [3.8, 4) is 0 Å². The number of alkyl halides is 2. The molecule has 8 heteroatoms. The highest BCUT2D eigenvalue weighted by Crippen LogP contribution is 2.28. The molecule has 1 aromatic heterocycles. The highest BCUT2D eigenvalue weighted by Gasteiger charge is 2.24. The Hall–Kier alpha value is -3.13. The van der Waals surface area contributed by atoms with Gasteiger partial charge in [-0.25, -0.2) is 4.98 Å². The number of aromatic nitrogens is 1. The maximum atomic E-state index is 13.2. The van der Waals surface area contributed by atoms with Gasteiger partial charge in [-0.05, 0) is 48.5 Å². The molecule has 0 bridgehead atoms. The molecule has 2 heterocycles. The Bertz CT molecular complexity index is 1010. The van der Waals surface area contributed by atoms with Gasteiger partial charge in [0.2, 0.25) is 0 Å². The lowest BCUT2D eigenvalue weighted by molar-refractivity contribution is 0.0747. The SMILES string of the molecule is O=C(c1ccccc1Nc1ccc(SC(F)F)cc1)N1CCN(c2ccccn2)CC1. The second kappa shape index (κ2) is 9.78. The number of para-hydroxylation sites is 1. The van der Waals surface area contributed by atoms with Crippen LogP contribution in [0.3, 0.4) is 0 Å². The summed E-state index contributed by atoms with van der Waals surface area (Å²) < 4.78 is 25.0. The van der Waals surface area contributed by atoms with Crippen molar-refractivity contribution in [1.29, 1.82) is 0 Å². The van der Waals surface area contributed by atoms with Crippen LogP contribution in [0.25, 0.3) is 0 Å². The van der Waals surface area contributed by atoms with Gasteiger partial charge >= 0.3 is 0 Å². The number of carbonyl (C=O) groups is 1. The molecule has 1 aliphatic heterocycles. The molecule has 0 unspecified atom stereocenters. The van der Waals surface area contributed by atoms with Crippen LogP contribution in [-0.4, -0.2) is 47.7 Å². The number of hydrogen-bond donors (Lipinski definition) is 1. The molecule has 2 aromatic carbocycles. The first-order valence-electron chi connectivity index (χ1n) is 9.96. The summed E-state index contributed by atoms with van der Waals surface area (Å²) in [5, 5.41) is 3.24. The normalized spacial score (nSPS) is 14.0. The van der Waals surface area contributed by atoms with Gasteiger partial charge < -0.3 is 15.1 Å². The van der Waals surface area contributed by atoms with Crippen molar-refractivity contribution in [2.45, 2.75) is 10.7 Å². The van der Waals surface area contributed by atoms with Gasteiger partial charge in [0.15, 0.2) is 0 Å². The van der Waals surface area contributed by atoms with Gasteiger partial charge in [0.25, 0.3) is 11.7 Å². The zero-order valence-electron chi connectivity index (χ0n) is 16.7. The Kier molecular flexibility index (Phi) is 6.66. The molecule has 0 aliphatic carbocycles. The molecule has 0 spiro atoms. The maximum absolute atomic E-state index is 13.2. The number of rotatable bonds is 6. The number of anilines is 3. The molecule has 3 aromatic rings. The highest BCUT2D eigenvalue weighted by atomic mass is 32.2. The van der Waals surface area contributed by atoms with Crippen LogP contribution in [0.2, 0.25) is 0 Å². The standard InChI is InChI=1S/C23H22F2N4OS/c24-23(25)31-18-10-8-17(9-11-18)27-20-6-2-1-5-19(20)22(30)29-15-13-28(14-16-29)21-7-3-4-12-26-21/h1-12,23,27H,13-16H2. The van der Waals surface area contributed by atoms with Crippen molar-refractivity contribution < 1.29 is 13.6 Å². The minimum Gasteiger partial charge on any atom is -0.355 e. The smallest absolute Gasteiger partial charge is 0.288 e. The van der Waals surface area contributed by atoms with E-state index >= 15 is 0 Å². The summed E-state index contributed by atoms with van der Waals surface area (Å²) in [6.07, 6.45) is 1.77. The highest BCUT2D eigenvalue weighted by molar-refractivity contribution is 7.99.